The molecule has 1 N–H and O–H groups in total. The molecule has 0 bridgehead atoms. The molecule has 0 radical (unpaired) electrons. The number of halogens is 2. The predicted molar refractivity (Wildman–Crippen MR) is 59.3 cm³/mol. The van der Waals surface area contributed by atoms with Crippen LogP contribution in [0.3, 0.4) is 0 Å². The lowest BCUT2D eigenvalue weighted by Crippen LogP contribution is -2.10. The zero-order valence-electron chi connectivity index (χ0n) is 7.55. The number of rotatable bonds is 2. The number of carbonyl (C=O) groups is 1. The first-order valence-electron chi connectivity index (χ1n) is 3.98. The summed E-state index contributed by atoms with van der Waals surface area (Å²) >= 11 is 11.5. The van der Waals surface area contributed by atoms with Gasteiger partial charge in [0.25, 0.3) is 0 Å². The highest BCUT2D eigenvalue weighted by Gasteiger charge is 1.96. The second-order valence-corrected chi connectivity index (χ2v) is 3.52. The number of benzene rings is 1. The van der Waals surface area contributed by atoms with Gasteiger partial charge in [0.15, 0.2) is 0 Å². The first kappa shape index (κ1) is 11.1. The third-order valence-electron chi connectivity index (χ3n) is 1.51. The van der Waals surface area contributed by atoms with E-state index in [1.165, 1.54) is 6.92 Å². The Kier molecular flexibility index (Phi) is 3.98. The molecule has 1 aromatic carbocycles. The Balaban J connectivity index is 2.73. The van der Waals surface area contributed by atoms with Gasteiger partial charge in [-0.25, -0.2) is 0 Å². The van der Waals surface area contributed by atoms with E-state index in [0.29, 0.717) is 10.0 Å². The minimum Gasteiger partial charge on any atom is -0.333 e. The molecule has 74 valence electrons. The van der Waals surface area contributed by atoms with Crippen molar-refractivity contribution in [1.29, 1.82) is 0 Å². The summed E-state index contributed by atoms with van der Waals surface area (Å²) in [6, 6.07) is 5.24. The van der Waals surface area contributed by atoms with Crippen LogP contribution in [0.4, 0.5) is 0 Å². The first-order chi connectivity index (χ1) is 6.59. The molecule has 0 atom stereocenters. The smallest absolute Gasteiger partial charge is 0.220 e. The van der Waals surface area contributed by atoms with E-state index in [2.05, 4.69) is 5.32 Å². The molecule has 0 fully saturated rings. The lowest BCUT2D eigenvalue weighted by atomic mass is 10.2. The van der Waals surface area contributed by atoms with E-state index in [4.69, 9.17) is 23.2 Å². The molecule has 1 aromatic rings. The molecule has 1 amide bonds. The highest BCUT2D eigenvalue weighted by Crippen LogP contribution is 2.22. The summed E-state index contributed by atoms with van der Waals surface area (Å²) in [7, 11) is 0. The van der Waals surface area contributed by atoms with Crippen molar-refractivity contribution in [3.63, 3.8) is 0 Å². The van der Waals surface area contributed by atoms with Crippen molar-refractivity contribution in [2.24, 2.45) is 0 Å². The fourth-order valence-electron chi connectivity index (χ4n) is 0.871. The third-order valence-corrected chi connectivity index (χ3v) is 2.25. The highest BCUT2D eigenvalue weighted by atomic mass is 35.5. The number of carbonyl (C=O) groups excluding carboxylic acids is 1. The minimum absolute atomic E-state index is 0.110. The summed E-state index contributed by atoms with van der Waals surface area (Å²) < 4.78 is 0. The predicted octanol–water partition coefficient (Wildman–Crippen LogP) is 3.10. The molecule has 0 aliphatic heterocycles. The molecule has 0 aliphatic rings. The van der Waals surface area contributed by atoms with E-state index in [0.717, 1.165) is 5.56 Å². The van der Waals surface area contributed by atoms with Crippen LogP contribution in [0.25, 0.3) is 6.08 Å². The molecule has 0 unspecified atom stereocenters. The SMILES string of the molecule is CC(=O)N/C=C/c1ccc(Cl)c(Cl)c1. The van der Waals surface area contributed by atoms with Gasteiger partial charge in [-0.2, -0.15) is 0 Å². The Hall–Kier alpha value is -0.990. The van der Waals surface area contributed by atoms with Gasteiger partial charge in [0.2, 0.25) is 5.91 Å². The van der Waals surface area contributed by atoms with Gasteiger partial charge in [-0.05, 0) is 23.8 Å². The maximum atomic E-state index is 10.5. The Bertz CT molecular complexity index is 374. The first-order valence-corrected chi connectivity index (χ1v) is 4.74. The Morgan fingerprint density at radius 3 is 2.64 bits per heavy atom. The molecule has 0 heterocycles. The van der Waals surface area contributed by atoms with Gasteiger partial charge in [-0.3, -0.25) is 4.79 Å². The van der Waals surface area contributed by atoms with Crippen molar-refractivity contribution < 1.29 is 4.79 Å². The van der Waals surface area contributed by atoms with Gasteiger partial charge in [0, 0.05) is 13.1 Å². The van der Waals surface area contributed by atoms with Crippen LogP contribution in [0.5, 0.6) is 0 Å². The maximum Gasteiger partial charge on any atom is 0.220 e. The summed E-state index contributed by atoms with van der Waals surface area (Å²) in [6.45, 7) is 1.44. The van der Waals surface area contributed by atoms with Crippen LogP contribution in [0.15, 0.2) is 24.4 Å². The number of hydrogen-bond acceptors (Lipinski definition) is 1. The fraction of sp³-hybridized carbons (Fsp3) is 0.100. The molecule has 2 nitrogen and oxygen atoms in total. The van der Waals surface area contributed by atoms with Crippen LogP contribution < -0.4 is 5.32 Å². The monoisotopic (exact) mass is 229 g/mol. The molecule has 0 spiro atoms. The van der Waals surface area contributed by atoms with E-state index in [9.17, 15) is 4.79 Å². The van der Waals surface area contributed by atoms with Crippen LogP contribution in [0.1, 0.15) is 12.5 Å². The molecular weight excluding hydrogens is 221 g/mol. The maximum absolute atomic E-state index is 10.5. The number of nitrogens with one attached hydrogen (secondary N) is 1. The largest absolute Gasteiger partial charge is 0.333 e. The molecule has 0 saturated carbocycles. The normalized spacial score (nSPS) is 10.5. The molecule has 14 heavy (non-hydrogen) atoms. The van der Waals surface area contributed by atoms with Crippen molar-refractivity contribution in [2.45, 2.75) is 6.92 Å². The van der Waals surface area contributed by atoms with Crippen LogP contribution in [-0.2, 0) is 4.79 Å². The van der Waals surface area contributed by atoms with Crippen molar-refractivity contribution in [1.82, 2.24) is 5.32 Å². The molecule has 4 heteroatoms. The van der Waals surface area contributed by atoms with Crippen LogP contribution in [0.2, 0.25) is 10.0 Å². The topological polar surface area (TPSA) is 29.1 Å². The third kappa shape index (κ3) is 3.40. The number of amides is 1. The van der Waals surface area contributed by atoms with Crippen LogP contribution >= 0.6 is 23.2 Å². The lowest BCUT2D eigenvalue weighted by Gasteiger charge is -1.97. The molecule has 0 saturated heterocycles. The van der Waals surface area contributed by atoms with E-state index < -0.39 is 0 Å². The molecular formula is C10H9Cl2NO. The fourth-order valence-corrected chi connectivity index (χ4v) is 1.18. The van der Waals surface area contributed by atoms with Gasteiger partial charge in [-0.1, -0.05) is 29.3 Å². The van der Waals surface area contributed by atoms with Gasteiger partial charge in [0.1, 0.15) is 0 Å². The molecule has 0 aliphatic carbocycles. The summed E-state index contributed by atoms with van der Waals surface area (Å²) in [6.07, 6.45) is 3.30. The average molecular weight is 230 g/mol. The van der Waals surface area contributed by atoms with Crippen molar-refractivity contribution in [3.8, 4) is 0 Å². The van der Waals surface area contributed by atoms with E-state index in [-0.39, 0.29) is 5.91 Å². The van der Waals surface area contributed by atoms with E-state index in [1.807, 2.05) is 6.07 Å². The average Bonchev–Trinajstić information content (AvgIpc) is 2.10. The van der Waals surface area contributed by atoms with Gasteiger partial charge in [-0.15, -0.1) is 0 Å². The Morgan fingerprint density at radius 2 is 2.07 bits per heavy atom. The van der Waals surface area contributed by atoms with E-state index >= 15 is 0 Å². The second-order valence-electron chi connectivity index (χ2n) is 2.71. The molecule has 0 aromatic heterocycles. The van der Waals surface area contributed by atoms with Gasteiger partial charge in [0.05, 0.1) is 10.0 Å². The minimum atomic E-state index is -0.110. The van der Waals surface area contributed by atoms with E-state index in [1.54, 1.807) is 24.4 Å². The highest BCUT2D eigenvalue weighted by molar-refractivity contribution is 6.42. The zero-order chi connectivity index (χ0) is 10.6. The summed E-state index contributed by atoms with van der Waals surface area (Å²) in [5.74, 6) is -0.110. The van der Waals surface area contributed by atoms with Crippen molar-refractivity contribution >= 4 is 35.2 Å². The van der Waals surface area contributed by atoms with Crippen LogP contribution in [-0.4, -0.2) is 5.91 Å². The van der Waals surface area contributed by atoms with Gasteiger partial charge >= 0.3 is 0 Å². The van der Waals surface area contributed by atoms with Crippen molar-refractivity contribution in [3.05, 3.63) is 40.0 Å². The Morgan fingerprint density at radius 1 is 1.36 bits per heavy atom. The Labute approximate surface area is 92.5 Å². The quantitative estimate of drug-likeness (QED) is 0.830. The van der Waals surface area contributed by atoms with Crippen LogP contribution in [0, 0.1) is 0 Å². The summed E-state index contributed by atoms with van der Waals surface area (Å²) in [4.78, 5) is 10.5. The van der Waals surface area contributed by atoms with Gasteiger partial charge < -0.3 is 5.32 Å². The summed E-state index contributed by atoms with van der Waals surface area (Å²) in [5.41, 5.74) is 0.883. The number of hydrogen-bond donors (Lipinski definition) is 1. The lowest BCUT2D eigenvalue weighted by molar-refractivity contribution is -0.118. The molecule has 1 rings (SSSR count). The zero-order valence-corrected chi connectivity index (χ0v) is 9.06. The summed E-state index contributed by atoms with van der Waals surface area (Å²) in [5, 5.41) is 3.55. The second kappa shape index (κ2) is 5.03. The standard InChI is InChI=1S/C10H9Cl2NO/c1-7(14)13-5-4-8-2-3-9(11)10(12)6-8/h2-6H,1H3,(H,13,14)/b5-4+. The van der Waals surface area contributed by atoms with Crippen molar-refractivity contribution in [2.75, 3.05) is 0 Å².